The van der Waals surface area contributed by atoms with Gasteiger partial charge in [-0.1, -0.05) is 30.3 Å². The van der Waals surface area contributed by atoms with Crippen LogP contribution in [-0.2, 0) is 4.74 Å². The first-order valence-corrected chi connectivity index (χ1v) is 10.4. The number of para-hydroxylation sites is 1. The molecule has 0 saturated carbocycles. The number of aromatic nitrogens is 2. The molecule has 4 rings (SSSR count). The van der Waals surface area contributed by atoms with E-state index in [4.69, 9.17) is 4.74 Å². The van der Waals surface area contributed by atoms with Crippen molar-refractivity contribution in [2.24, 2.45) is 5.10 Å². The summed E-state index contributed by atoms with van der Waals surface area (Å²) in [6.45, 7) is 0. The zero-order valence-electron chi connectivity index (χ0n) is 18.6. The molecule has 0 unspecified atom stereocenters. The number of carbonyl (C=O) groups is 2. The van der Waals surface area contributed by atoms with Crippen LogP contribution in [0, 0.1) is 0 Å². The van der Waals surface area contributed by atoms with Gasteiger partial charge in [0.1, 0.15) is 11.4 Å². The molecule has 0 atom stereocenters. The normalized spacial score (nSPS) is 10.8. The third kappa shape index (κ3) is 5.02. The Balaban J connectivity index is 1.57. The van der Waals surface area contributed by atoms with Crippen LogP contribution in [0.4, 0.5) is 0 Å². The largest absolute Gasteiger partial charge is 0.497 e. The second-order valence-corrected chi connectivity index (χ2v) is 7.20. The molecule has 0 fully saturated rings. The maximum atomic E-state index is 13.0. The fraction of sp³-hybridized carbons (Fsp3) is 0.0769. The third-order valence-corrected chi connectivity index (χ3v) is 5.04. The highest BCUT2D eigenvalue weighted by Gasteiger charge is 2.17. The van der Waals surface area contributed by atoms with E-state index in [1.165, 1.54) is 13.3 Å². The van der Waals surface area contributed by atoms with Crippen LogP contribution >= 0.6 is 0 Å². The molecule has 0 aliphatic rings. The molecule has 1 heterocycles. The van der Waals surface area contributed by atoms with Crippen molar-refractivity contribution in [2.75, 3.05) is 14.2 Å². The number of benzene rings is 3. The fourth-order valence-electron chi connectivity index (χ4n) is 3.26. The molecule has 0 aliphatic carbocycles. The third-order valence-electron chi connectivity index (χ3n) is 5.04. The first-order chi connectivity index (χ1) is 16.6. The lowest BCUT2D eigenvalue weighted by Gasteiger charge is -2.06. The molecule has 34 heavy (non-hydrogen) atoms. The van der Waals surface area contributed by atoms with Crippen LogP contribution < -0.4 is 10.2 Å². The summed E-state index contributed by atoms with van der Waals surface area (Å²) in [4.78, 5) is 24.5. The van der Waals surface area contributed by atoms with Gasteiger partial charge in [0.05, 0.1) is 37.4 Å². The van der Waals surface area contributed by atoms with Crippen molar-refractivity contribution in [3.63, 3.8) is 0 Å². The van der Waals surface area contributed by atoms with Gasteiger partial charge in [-0.25, -0.2) is 14.9 Å². The van der Waals surface area contributed by atoms with Crippen molar-refractivity contribution in [3.8, 4) is 22.7 Å². The number of rotatable bonds is 7. The molecule has 8 nitrogen and oxygen atoms in total. The van der Waals surface area contributed by atoms with E-state index in [1.54, 1.807) is 42.1 Å². The van der Waals surface area contributed by atoms with E-state index >= 15 is 0 Å². The van der Waals surface area contributed by atoms with Crippen molar-refractivity contribution in [1.29, 1.82) is 0 Å². The maximum absolute atomic E-state index is 13.0. The standard InChI is InChI=1S/C26H22N4O4/c1-33-22-14-12-19(13-15-22)23-16-24(30(29-23)21-6-4-3-5-7-21)25(31)28-27-17-18-8-10-20(11-9-18)26(32)34-2/h3-17H,1-2H3,(H,28,31)/b27-17+. The molecule has 1 N–H and O–H groups in total. The van der Waals surface area contributed by atoms with Gasteiger partial charge in [-0.3, -0.25) is 4.79 Å². The Bertz CT molecular complexity index is 1310. The Hall–Kier alpha value is -4.72. The highest BCUT2D eigenvalue weighted by atomic mass is 16.5. The summed E-state index contributed by atoms with van der Waals surface area (Å²) in [5, 5.41) is 8.70. The molecule has 3 aromatic carbocycles. The average Bonchev–Trinajstić information content (AvgIpc) is 3.35. The summed E-state index contributed by atoms with van der Waals surface area (Å²) in [6, 6.07) is 25.2. The average molecular weight is 454 g/mol. The number of hydrazone groups is 1. The van der Waals surface area contributed by atoms with Crippen molar-refractivity contribution < 1.29 is 19.1 Å². The minimum absolute atomic E-state index is 0.329. The van der Waals surface area contributed by atoms with Crippen LogP contribution in [0.2, 0.25) is 0 Å². The van der Waals surface area contributed by atoms with Crippen LogP contribution in [0.25, 0.3) is 16.9 Å². The highest BCUT2D eigenvalue weighted by molar-refractivity contribution is 5.95. The Morgan fingerprint density at radius 1 is 0.941 bits per heavy atom. The molecule has 0 aliphatic heterocycles. The van der Waals surface area contributed by atoms with Gasteiger partial charge in [-0.2, -0.15) is 10.2 Å². The summed E-state index contributed by atoms with van der Waals surface area (Å²) >= 11 is 0. The van der Waals surface area contributed by atoms with E-state index in [-0.39, 0.29) is 0 Å². The predicted molar refractivity (Wildman–Crippen MR) is 128 cm³/mol. The second kappa shape index (κ2) is 10.3. The lowest BCUT2D eigenvalue weighted by atomic mass is 10.1. The molecule has 1 amide bonds. The van der Waals surface area contributed by atoms with Crippen LogP contribution in [0.1, 0.15) is 26.4 Å². The van der Waals surface area contributed by atoms with Gasteiger partial charge in [0.25, 0.3) is 5.91 Å². The molecular weight excluding hydrogens is 432 g/mol. The summed E-state index contributed by atoms with van der Waals surface area (Å²) in [5.74, 6) is -0.102. The zero-order chi connectivity index (χ0) is 23.9. The van der Waals surface area contributed by atoms with E-state index in [1.807, 2.05) is 54.6 Å². The molecule has 0 saturated heterocycles. The van der Waals surface area contributed by atoms with Gasteiger partial charge in [0.15, 0.2) is 0 Å². The molecular formula is C26H22N4O4. The molecule has 8 heteroatoms. The second-order valence-electron chi connectivity index (χ2n) is 7.20. The van der Waals surface area contributed by atoms with Crippen molar-refractivity contribution in [3.05, 3.63) is 102 Å². The molecule has 1 aromatic heterocycles. The number of nitrogens with zero attached hydrogens (tertiary/aromatic N) is 3. The summed E-state index contributed by atoms with van der Waals surface area (Å²) in [5.41, 5.74) is 6.25. The zero-order valence-corrected chi connectivity index (χ0v) is 18.6. The molecule has 4 aromatic rings. The Morgan fingerprint density at radius 3 is 2.29 bits per heavy atom. The number of methoxy groups -OCH3 is 2. The molecule has 0 spiro atoms. The molecule has 170 valence electrons. The van der Waals surface area contributed by atoms with Gasteiger partial charge in [-0.05, 0) is 60.2 Å². The monoisotopic (exact) mass is 454 g/mol. The van der Waals surface area contributed by atoms with Gasteiger partial charge >= 0.3 is 5.97 Å². The van der Waals surface area contributed by atoms with Crippen LogP contribution in [0.5, 0.6) is 5.75 Å². The van der Waals surface area contributed by atoms with Gasteiger partial charge < -0.3 is 9.47 Å². The minimum atomic E-state index is -0.418. The van der Waals surface area contributed by atoms with Crippen LogP contribution in [-0.4, -0.2) is 42.1 Å². The number of hydrogen-bond donors (Lipinski definition) is 1. The number of hydrogen-bond acceptors (Lipinski definition) is 6. The molecule has 0 radical (unpaired) electrons. The van der Waals surface area contributed by atoms with Crippen LogP contribution in [0.3, 0.4) is 0 Å². The number of esters is 1. The quantitative estimate of drug-likeness (QED) is 0.258. The number of amides is 1. The van der Waals surface area contributed by atoms with Crippen LogP contribution in [0.15, 0.2) is 90.0 Å². The van der Waals surface area contributed by atoms with Gasteiger partial charge in [0, 0.05) is 5.56 Å². The first-order valence-electron chi connectivity index (χ1n) is 10.4. The fourth-order valence-corrected chi connectivity index (χ4v) is 3.26. The van der Waals surface area contributed by atoms with E-state index in [0.29, 0.717) is 22.5 Å². The van der Waals surface area contributed by atoms with Crippen molar-refractivity contribution in [2.45, 2.75) is 0 Å². The number of nitrogens with one attached hydrogen (secondary N) is 1. The Morgan fingerprint density at radius 2 is 1.65 bits per heavy atom. The van der Waals surface area contributed by atoms with E-state index in [0.717, 1.165) is 17.0 Å². The lowest BCUT2D eigenvalue weighted by molar-refractivity contribution is 0.0600. The Labute approximate surface area is 196 Å². The van der Waals surface area contributed by atoms with Gasteiger partial charge in [0.2, 0.25) is 0 Å². The summed E-state index contributed by atoms with van der Waals surface area (Å²) in [6.07, 6.45) is 1.49. The SMILES string of the molecule is COC(=O)c1ccc(/C=N/NC(=O)c2cc(-c3ccc(OC)cc3)nn2-c2ccccc2)cc1. The van der Waals surface area contributed by atoms with E-state index in [2.05, 4.69) is 20.4 Å². The number of ether oxygens (including phenoxy) is 2. The van der Waals surface area contributed by atoms with Crippen molar-refractivity contribution in [1.82, 2.24) is 15.2 Å². The highest BCUT2D eigenvalue weighted by Crippen LogP contribution is 2.24. The predicted octanol–water partition coefficient (Wildman–Crippen LogP) is 4.10. The Kier molecular flexibility index (Phi) is 6.78. The maximum Gasteiger partial charge on any atom is 0.337 e. The summed E-state index contributed by atoms with van der Waals surface area (Å²) < 4.78 is 11.5. The molecule has 0 bridgehead atoms. The number of carbonyl (C=O) groups excluding carboxylic acids is 2. The van der Waals surface area contributed by atoms with E-state index < -0.39 is 11.9 Å². The smallest absolute Gasteiger partial charge is 0.337 e. The summed E-state index contributed by atoms with van der Waals surface area (Å²) in [7, 11) is 2.93. The van der Waals surface area contributed by atoms with Crippen molar-refractivity contribution >= 4 is 18.1 Å². The van der Waals surface area contributed by atoms with Gasteiger partial charge in [-0.15, -0.1) is 0 Å². The first kappa shape index (κ1) is 22.5. The topological polar surface area (TPSA) is 94.8 Å². The van der Waals surface area contributed by atoms with E-state index in [9.17, 15) is 9.59 Å². The lowest BCUT2D eigenvalue weighted by Crippen LogP contribution is -2.21. The minimum Gasteiger partial charge on any atom is -0.497 e.